The third kappa shape index (κ3) is 3.25. The smallest absolute Gasteiger partial charge is 0.311 e. The summed E-state index contributed by atoms with van der Waals surface area (Å²) >= 11 is 0. The molecule has 1 amide bonds. The molecular formula is C13H22N2O4. The molecule has 0 aromatic rings. The molecular weight excluding hydrogens is 248 g/mol. The number of nitrogens with two attached hydrogens (primary N) is 1. The molecule has 1 aliphatic heterocycles. The van der Waals surface area contributed by atoms with Crippen molar-refractivity contribution in [3.8, 4) is 0 Å². The molecule has 19 heavy (non-hydrogen) atoms. The highest BCUT2D eigenvalue weighted by Gasteiger charge is 2.41. The van der Waals surface area contributed by atoms with E-state index in [0.717, 1.165) is 12.8 Å². The Morgan fingerprint density at radius 2 is 2.00 bits per heavy atom. The summed E-state index contributed by atoms with van der Waals surface area (Å²) < 4.78 is 5.20. The molecule has 6 nitrogen and oxygen atoms in total. The van der Waals surface area contributed by atoms with Gasteiger partial charge in [0.05, 0.1) is 5.41 Å². The van der Waals surface area contributed by atoms with Crippen LogP contribution in [-0.4, -0.2) is 42.8 Å². The highest BCUT2D eigenvalue weighted by atomic mass is 16.5. The van der Waals surface area contributed by atoms with E-state index in [9.17, 15) is 14.7 Å². The minimum absolute atomic E-state index is 0.0549. The lowest BCUT2D eigenvalue weighted by Crippen LogP contribution is -2.47. The van der Waals surface area contributed by atoms with Crippen molar-refractivity contribution in [2.75, 3.05) is 19.8 Å². The second-order valence-corrected chi connectivity index (χ2v) is 5.69. The number of aliphatic carboxylic acids is 1. The maximum Gasteiger partial charge on any atom is 0.311 e. The summed E-state index contributed by atoms with van der Waals surface area (Å²) in [5, 5.41) is 12.2. The normalized spacial score (nSPS) is 29.9. The lowest BCUT2D eigenvalue weighted by atomic mass is 9.80. The van der Waals surface area contributed by atoms with Crippen LogP contribution in [0, 0.1) is 11.3 Å². The second kappa shape index (κ2) is 5.88. The average molecular weight is 270 g/mol. The van der Waals surface area contributed by atoms with Crippen molar-refractivity contribution in [3.05, 3.63) is 0 Å². The zero-order chi connectivity index (χ0) is 13.9. The molecule has 0 aromatic carbocycles. The minimum atomic E-state index is -0.866. The van der Waals surface area contributed by atoms with Crippen molar-refractivity contribution in [3.63, 3.8) is 0 Å². The number of nitrogens with one attached hydrogen (secondary N) is 1. The van der Waals surface area contributed by atoms with Crippen molar-refractivity contribution in [2.45, 2.75) is 38.1 Å². The molecule has 0 spiro atoms. The van der Waals surface area contributed by atoms with E-state index in [0.29, 0.717) is 32.5 Å². The standard InChI is InChI=1S/C13H22N2O4/c14-10-2-1-9(7-10)11(16)15-8-13(12(17)18)3-5-19-6-4-13/h9-10H,1-8,14H2,(H,15,16)(H,17,18). The van der Waals surface area contributed by atoms with Gasteiger partial charge in [0.25, 0.3) is 0 Å². The maximum atomic E-state index is 12.0. The minimum Gasteiger partial charge on any atom is -0.481 e. The number of hydrogen-bond donors (Lipinski definition) is 3. The number of hydrogen-bond acceptors (Lipinski definition) is 4. The zero-order valence-corrected chi connectivity index (χ0v) is 11.1. The van der Waals surface area contributed by atoms with Crippen LogP contribution in [0.15, 0.2) is 0 Å². The van der Waals surface area contributed by atoms with Gasteiger partial charge in [0.1, 0.15) is 0 Å². The average Bonchev–Trinajstić information content (AvgIpc) is 2.83. The van der Waals surface area contributed by atoms with Crippen molar-refractivity contribution < 1.29 is 19.4 Å². The monoisotopic (exact) mass is 270 g/mol. The van der Waals surface area contributed by atoms with E-state index >= 15 is 0 Å². The van der Waals surface area contributed by atoms with E-state index in [1.54, 1.807) is 0 Å². The molecule has 4 N–H and O–H groups in total. The molecule has 0 radical (unpaired) electrons. The first-order valence-corrected chi connectivity index (χ1v) is 6.88. The second-order valence-electron chi connectivity index (χ2n) is 5.69. The highest BCUT2D eigenvalue weighted by molar-refractivity contribution is 5.81. The van der Waals surface area contributed by atoms with E-state index in [1.807, 2.05) is 0 Å². The van der Waals surface area contributed by atoms with Crippen LogP contribution in [0.5, 0.6) is 0 Å². The Bertz CT molecular complexity index is 353. The summed E-state index contributed by atoms with van der Waals surface area (Å²) in [5.41, 5.74) is 4.92. The third-order valence-electron chi connectivity index (χ3n) is 4.35. The first-order chi connectivity index (χ1) is 9.03. The van der Waals surface area contributed by atoms with Gasteiger partial charge in [0.15, 0.2) is 0 Å². The first-order valence-electron chi connectivity index (χ1n) is 6.88. The Morgan fingerprint density at radius 1 is 1.32 bits per heavy atom. The number of carbonyl (C=O) groups excluding carboxylic acids is 1. The SMILES string of the molecule is NC1CCC(C(=O)NCC2(C(=O)O)CCOCC2)C1. The van der Waals surface area contributed by atoms with Gasteiger partial charge in [0.2, 0.25) is 5.91 Å². The van der Waals surface area contributed by atoms with Crippen LogP contribution in [0.4, 0.5) is 0 Å². The molecule has 1 saturated heterocycles. The number of carbonyl (C=O) groups is 2. The molecule has 2 atom stereocenters. The van der Waals surface area contributed by atoms with Gasteiger partial charge >= 0.3 is 5.97 Å². The van der Waals surface area contributed by atoms with Gasteiger partial charge in [0, 0.05) is 31.7 Å². The Balaban J connectivity index is 1.88. The van der Waals surface area contributed by atoms with Gasteiger partial charge in [-0.25, -0.2) is 0 Å². The Labute approximate surface area is 112 Å². The molecule has 1 aliphatic carbocycles. The zero-order valence-electron chi connectivity index (χ0n) is 11.1. The third-order valence-corrected chi connectivity index (χ3v) is 4.35. The molecule has 1 heterocycles. The van der Waals surface area contributed by atoms with Crippen LogP contribution in [0.3, 0.4) is 0 Å². The van der Waals surface area contributed by atoms with Gasteiger partial charge in [-0.2, -0.15) is 0 Å². The molecule has 2 aliphatic rings. The Kier molecular flexibility index (Phi) is 4.42. The Morgan fingerprint density at radius 3 is 2.53 bits per heavy atom. The first kappa shape index (κ1) is 14.3. The molecule has 2 fully saturated rings. The quantitative estimate of drug-likeness (QED) is 0.673. The van der Waals surface area contributed by atoms with E-state index in [-0.39, 0.29) is 24.4 Å². The van der Waals surface area contributed by atoms with Gasteiger partial charge in [-0.1, -0.05) is 0 Å². The van der Waals surface area contributed by atoms with Crippen molar-refractivity contribution >= 4 is 11.9 Å². The molecule has 1 saturated carbocycles. The van der Waals surface area contributed by atoms with Gasteiger partial charge in [-0.3, -0.25) is 9.59 Å². The topological polar surface area (TPSA) is 102 Å². The predicted octanol–water partition coefficient (Wildman–Crippen LogP) is 0.111. The number of amides is 1. The van der Waals surface area contributed by atoms with Crippen molar-refractivity contribution in [1.29, 1.82) is 0 Å². The van der Waals surface area contributed by atoms with E-state index < -0.39 is 11.4 Å². The molecule has 2 rings (SSSR count). The highest BCUT2D eigenvalue weighted by Crippen LogP contribution is 2.31. The lowest BCUT2D eigenvalue weighted by Gasteiger charge is -2.33. The molecule has 108 valence electrons. The molecule has 0 aromatic heterocycles. The summed E-state index contributed by atoms with van der Waals surface area (Å²) in [7, 11) is 0. The van der Waals surface area contributed by atoms with E-state index in [4.69, 9.17) is 10.5 Å². The summed E-state index contributed by atoms with van der Waals surface area (Å²) in [6, 6.07) is 0.104. The summed E-state index contributed by atoms with van der Waals surface area (Å²) in [4.78, 5) is 23.4. The molecule has 0 bridgehead atoms. The predicted molar refractivity (Wildman–Crippen MR) is 68.4 cm³/mol. The maximum absolute atomic E-state index is 12.0. The van der Waals surface area contributed by atoms with Crippen LogP contribution < -0.4 is 11.1 Å². The lowest BCUT2D eigenvalue weighted by molar-refractivity contribution is -0.154. The summed E-state index contributed by atoms with van der Waals surface area (Å²) in [6.45, 7) is 1.07. The van der Waals surface area contributed by atoms with Gasteiger partial charge in [-0.05, 0) is 32.1 Å². The van der Waals surface area contributed by atoms with Crippen LogP contribution in [0.25, 0.3) is 0 Å². The largest absolute Gasteiger partial charge is 0.481 e. The van der Waals surface area contributed by atoms with Crippen molar-refractivity contribution in [2.24, 2.45) is 17.1 Å². The van der Waals surface area contributed by atoms with E-state index in [2.05, 4.69) is 5.32 Å². The summed E-state index contributed by atoms with van der Waals surface area (Å²) in [5.74, 6) is -0.958. The van der Waals surface area contributed by atoms with E-state index in [1.165, 1.54) is 0 Å². The fourth-order valence-electron chi connectivity index (χ4n) is 2.88. The number of carboxylic acid groups (broad SMARTS) is 1. The fraction of sp³-hybridized carbons (Fsp3) is 0.846. The van der Waals surface area contributed by atoms with Crippen molar-refractivity contribution in [1.82, 2.24) is 5.32 Å². The molecule has 2 unspecified atom stereocenters. The summed E-state index contributed by atoms with van der Waals surface area (Å²) in [6.07, 6.45) is 3.28. The number of rotatable bonds is 4. The van der Waals surface area contributed by atoms with Crippen LogP contribution in [-0.2, 0) is 14.3 Å². The van der Waals surface area contributed by atoms with Crippen LogP contribution >= 0.6 is 0 Å². The fourth-order valence-corrected chi connectivity index (χ4v) is 2.88. The van der Waals surface area contributed by atoms with Gasteiger partial charge < -0.3 is 20.9 Å². The van der Waals surface area contributed by atoms with Crippen LogP contribution in [0.1, 0.15) is 32.1 Å². The Hall–Kier alpha value is -1.14. The number of carboxylic acids is 1. The molecule has 6 heteroatoms. The van der Waals surface area contributed by atoms with Crippen LogP contribution in [0.2, 0.25) is 0 Å². The van der Waals surface area contributed by atoms with Gasteiger partial charge in [-0.15, -0.1) is 0 Å². The number of ether oxygens (including phenoxy) is 1.